The topological polar surface area (TPSA) is 103 Å². The Labute approximate surface area is 254 Å². The lowest BCUT2D eigenvalue weighted by atomic mass is 10.0. The maximum atomic E-state index is 15.4. The number of benzene rings is 3. The second-order valence-corrected chi connectivity index (χ2v) is 10.7. The number of ketones is 1. The van der Waals surface area contributed by atoms with Crippen molar-refractivity contribution in [2.45, 2.75) is 44.2 Å². The number of nitrogens with zero attached hydrogens (tertiary/aromatic N) is 1. The van der Waals surface area contributed by atoms with E-state index in [-0.39, 0.29) is 24.6 Å². The summed E-state index contributed by atoms with van der Waals surface area (Å²) < 4.78 is 78.0. The largest absolute Gasteiger partial charge is 0.461 e. The molecule has 1 aliphatic rings. The van der Waals surface area contributed by atoms with Crippen LogP contribution in [-0.4, -0.2) is 29.0 Å². The highest BCUT2D eigenvalue weighted by atomic mass is 19.1. The minimum atomic E-state index is -1.18. The van der Waals surface area contributed by atoms with Gasteiger partial charge in [-0.2, -0.15) is 0 Å². The monoisotopic (exact) mass is 625 g/mol. The van der Waals surface area contributed by atoms with Crippen LogP contribution in [0.2, 0.25) is 0 Å². The number of nitrogens with two attached hydrogens (primary N) is 1. The van der Waals surface area contributed by atoms with Crippen LogP contribution in [0.1, 0.15) is 58.8 Å². The van der Waals surface area contributed by atoms with Gasteiger partial charge in [0.15, 0.2) is 17.4 Å². The molecular weight excluding hydrogens is 597 g/mol. The van der Waals surface area contributed by atoms with Crippen molar-refractivity contribution in [1.29, 1.82) is 0 Å². The average molecular weight is 626 g/mol. The van der Waals surface area contributed by atoms with Gasteiger partial charge in [-0.25, -0.2) is 26.7 Å². The van der Waals surface area contributed by atoms with Gasteiger partial charge in [-0.3, -0.25) is 14.2 Å². The van der Waals surface area contributed by atoms with E-state index in [1.165, 1.54) is 24.3 Å². The summed E-state index contributed by atoms with van der Waals surface area (Å²) in [5.41, 5.74) is 3.83. The van der Waals surface area contributed by atoms with Crippen molar-refractivity contribution in [1.82, 2.24) is 9.88 Å². The first kappa shape index (κ1) is 31.6. The van der Waals surface area contributed by atoms with E-state index < -0.39 is 75.1 Å². The predicted octanol–water partition coefficient (Wildman–Crippen LogP) is 5.71. The first-order valence-corrected chi connectivity index (χ1v) is 14.2. The van der Waals surface area contributed by atoms with Gasteiger partial charge in [0.1, 0.15) is 41.1 Å². The fraction of sp³-hybridized carbons (Fsp3) is 0.242. The number of rotatable bonds is 10. The van der Waals surface area contributed by atoms with Crippen LogP contribution >= 0.6 is 0 Å². The Morgan fingerprint density at radius 2 is 1.47 bits per heavy atom. The van der Waals surface area contributed by atoms with Gasteiger partial charge in [-0.15, -0.1) is 0 Å². The van der Waals surface area contributed by atoms with Gasteiger partial charge in [0.05, 0.1) is 11.1 Å². The molecule has 1 aromatic heterocycles. The lowest BCUT2D eigenvalue weighted by Crippen LogP contribution is -2.33. The summed E-state index contributed by atoms with van der Waals surface area (Å²) in [5.74, 6) is -7.15. The molecule has 0 saturated heterocycles. The maximum absolute atomic E-state index is 15.4. The zero-order valence-corrected chi connectivity index (χ0v) is 23.8. The van der Waals surface area contributed by atoms with Crippen LogP contribution in [0.15, 0.2) is 71.5 Å². The van der Waals surface area contributed by atoms with Crippen LogP contribution in [-0.2, 0) is 16.0 Å². The number of nitrogen functional groups attached to an aromatic ring is 1. The smallest absolute Gasteiger partial charge is 0.328 e. The molecule has 1 atom stereocenters. The lowest BCUT2D eigenvalue weighted by molar-refractivity contribution is -0.151. The number of hydrogen-bond acceptors (Lipinski definition) is 6. The molecule has 234 valence electrons. The van der Waals surface area contributed by atoms with Crippen molar-refractivity contribution in [2.75, 3.05) is 12.3 Å². The number of ether oxygens (including phenoxy) is 1. The molecule has 0 amide bonds. The Morgan fingerprint density at radius 3 is 2.11 bits per heavy atom. The molecule has 3 aromatic carbocycles. The Balaban J connectivity index is 1.37. The molecule has 1 heterocycles. The number of nitrogens with one attached hydrogen (secondary N) is 1. The van der Waals surface area contributed by atoms with Gasteiger partial charge in [-0.05, 0) is 85.7 Å². The molecule has 5 rings (SSSR count). The summed E-state index contributed by atoms with van der Waals surface area (Å²) >= 11 is 0. The molecule has 45 heavy (non-hydrogen) atoms. The highest BCUT2D eigenvalue weighted by Crippen LogP contribution is 2.26. The van der Waals surface area contributed by atoms with E-state index in [1.54, 1.807) is 0 Å². The third-order valence-electron chi connectivity index (χ3n) is 7.64. The molecule has 7 nitrogen and oxygen atoms in total. The van der Waals surface area contributed by atoms with Crippen molar-refractivity contribution in [3.05, 3.63) is 128 Å². The molecule has 1 fully saturated rings. The summed E-state index contributed by atoms with van der Waals surface area (Å²) in [4.78, 5) is 38.6. The molecule has 1 saturated carbocycles. The summed E-state index contributed by atoms with van der Waals surface area (Å²) in [6, 6.07) is 10.4. The number of halogens is 5. The van der Waals surface area contributed by atoms with Crippen LogP contribution in [0.3, 0.4) is 0 Å². The van der Waals surface area contributed by atoms with Crippen molar-refractivity contribution < 1.29 is 36.3 Å². The number of esters is 1. The number of hydrogen-bond donors (Lipinski definition) is 2. The van der Waals surface area contributed by atoms with E-state index in [1.807, 2.05) is 0 Å². The number of pyridine rings is 1. The van der Waals surface area contributed by atoms with Crippen LogP contribution in [0, 0.1) is 29.1 Å². The second-order valence-electron chi connectivity index (χ2n) is 10.7. The quantitative estimate of drug-likeness (QED) is 0.133. The van der Waals surface area contributed by atoms with Crippen LogP contribution in [0.25, 0.3) is 5.69 Å². The van der Waals surface area contributed by atoms with Crippen LogP contribution in [0.4, 0.5) is 27.8 Å². The minimum Gasteiger partial charge on any atom is -0.461 e. The van der Waals surface area contributed by atoms with Crippen molar-refractivity contribution in [2.24, 2.45) is 0 Å². The van der Waals surface area contributed by atoms with Gasteiger partial charge in [0.2, 0.25) is 0 Å². The van der Waals surface area contributed by atoms with E-state index in [4.69, 9.17) is 10.5 Å². The molecular formula is C33H28F5N3O4. The summed E-state index contributed by atoms with van der Waals surface area (Å²) in [6.07, 6.45) is 3.23. The summed E-state index contributed by atoms with van der Waals surface area (Å²) in [5, 5.41) is 3.02. The fourth-order valence-electron chi connectivity index (χ4n) is 5.36. The molecule has 12 heteroatoms. The summed E-state index contributed by atoms with van der Waals surface area (Å²) in [7, 11) is 0. The summed E-state index contributed by atoms with van der Waals surface area (Å²) in [6.45, 7) is 0.0648. The van der Waals surface area contributed by atoms with Gasteiger partial charge >= 0.3 is 5.97 Å². The minimum absolute atomic E-state index is 0.0370. The molecule has 1 aliphatic carbocycles. The van der Waals surface area contributed by atoms with Crippen LogP contribution < -0.4 is 16.6 Å². The highest BCUT2D eigenvalue weighted by Gasteiger charge is 2.27. The third kappa shape index (κ3) is 6.96. The predicted molar refractivity (Wildman–Crippen MR) is 155 cm³/mol. The highest BCUT2D eigenvalue weighted by molar-refractivity contribution is 6.11. The number of anilines is 1. The number of carbonyl (C=O) groups is 2. The number of aromatic nitrogens is 1. The van der Waals surface area contributed by atoms with E-state index in [0.29, 0.717) is 16.2 Å². The Morgan fingerprint density at radius 1 is 0.844 bits per heavy atom. The van der Waals surface area contributed by atoms with E-state index in [2.05, 4.69) is 5.32 Å². The normalized spacial score (nSPS) is 14.0. The van der Waals surface area contributed by atoms with Crippen LogP contribution in [0.5, 0.6) is 0 Å². The van der Waals surface area contributed by atoms with Gasteiger partial charge in [-0.1, -0.05) is 12.1 Å². The van der Waals surface area contributed by atoms with Gasteiger partial charge in [0.25, 0.3) is 5.56 Å². The molecule has 3 N–H and O–H groups in total. The molecule has 0 spiro atoms. The Kier molecular flexibility index (Phi) is 9.43. The van der Waals surface area contributed by atoms with Crippen molar-refractivity contribution in [3.8, 4) is 5.69 Å². The second kappa shape index (κ2) is 13.4. The van der Waals surface area contributed by atoms with Crippen molar-refractivity contribution >= 4 is 17.6 Å². The maximum Gasteiger partial charge on any atom is 0.328 e. The van der Waals surface area contributed by atoms with E-state index in [0.717, 1.165) is 62.1 Å². The molecule has 0 aliphatic heterocycles. The van der Waals surface area contributed by atoms with E-state index in [9.17, 15) is 27.6 Å². The lowest BCUT2D eigenvalue weighted by Gasteiger charge is -2.21. The third-order valence-corrected chi connectivity index (χ3v) is 7.64. The standard InChI is InChI=1S/C33H28F5N3O4/c34-20-7-5-19(6-8-20)29(33(44)45-22-3-1-2-4-22)40-14-13-18-15-26(37)30(27(38)16-18)41-28(42)12-11-24(32(41)39)31(43)23-10-9-21(35)17-25(23)36/h5-12,15-17,22,29,40H,1-4,13-14,39H2/t29-/m0/s1. The first-order valence-electron chi connectivity index (χ1n) is 14.2. The molecule has 0 radical (unpaired) electrons. The molecule has 4 aromatic rings. The van der Waals surface area contributed by atoms with Crippen molar-refractivity contribution in [3.63, 3.8) is 0 Å². The number of carbonyl (C=O) groups excluding carboxylic acids is 2. The molecule has 0 bridgehead atoms. The first-order chi connectivity index (χ1) is 21.5. The Bertz CT molecular complexity index is 1780. The zero-order valence-electron chi connectivity index (χ0n) is 23.8. The SMILES string of the molecule is Nc1c(C(=O)c2ccc(F)cc2F)ccc(=O)n1-c1c(F)cc(CCN[C@H](C(=O)OC2CCCC2)c2ccc(F)cc2)cc1F. The fourth-order valence-corrected chi connectivity index (χ4v) is 5.36. The van der Waals surface area contributed by atoms with Gasteiger partial charge < -0.3 is 15.8 Å². The van der Waals surface area contributed by atoms with Gasteiger partial charge in [0, 0.05) is 18.7 Å². The zero-order chi connectivity index (χ0) is 32.2. The Hall–Kier alpha value is -4.84. The van der Waals surface area contributed by atoms with E-state index >= 15 is 8.78 Å². The molecule has 0 unspecified atom stereocenters. The average Bonchev–Trinajstić information content (AvgIpc) is 3.50.